The van der Waals surface area contributed by atoms with Crippen LogP contribution in [0.2, 0.25) is 0 Å². The van der Waals surface area contributed by atoms with Gasteiger partial charge < -0.3 is 9.84 Å². The van der Waals surface area contributed by atoms with Gasteiger partial charge in [0.05, 0.1) is 24.2 Å². The van der Waals surface area contributed by atoms with E-state index < -0.39 is 11.1 Å². The molecular formula is C19H25IrNO4. The average Bonchev–Trinajstić information content (AvgIpc) is 2.43. The number of aliphatic hydroxyl groups excluding tert-OH is 1. The third-order valence-electron chi connectivity index (χ3n) is 3.21. The van der Waals surface area contributed by atoms with Crippen LogP contribution in [0.4, 0.5) is 0 Å². The molecule has 0 amide bonds. The fraction of sp³-hybridized carbons (Fsp3) is 0.421. The molecule has 1 aromatic carbocycles. The predicted molar refractivity (Wildman–Crippen MR) is 94.8 cm³/mol. The molecule has 25 heavy (non-hydrogen) atoms. The maximum atomic E-state index is 12.0. The molecule has 0 atom stereocenters. The molecular weight excluding hydrogens is 498 g/mol. The van der Waals surface area contributed by atoms with Crippen molar-refractivity contribution in [3.8, 4) is 0 Å². The Morgan fingerprint density at radius 1 is 1.28 bits per heavy atom. The number of aliphatic hydroxyl groups is 1. The van der Waals surface area contributed by atoms with E-state index in [1.165, 1.54) is 19.9 Å². The third-order valence-corrected chi connectivity index (χ3v) is 3.21. The molecule has 1 heterocycles. The molecule has 1 radical (unpaired) electrons. The minimum absolute atomic E-state index is 0. The molecule has 5 nitrogen and oxygen atoms in total. The van der Waals surface area contributed by atoms with Gasteiger partial charge in [-0.15, -0.1) is 35.9 Å². The second-order valence-electron chi connectivity index (χ2n) is 6.63. The summed E-state index contributed by atoms with van der Waals surface area (Å²) in [6.07, 6.45) is 1.28. The molecule has 2 rings (SSSR count). The smallest absolute Gasteiger partial charge is 0.316 e. The van der Waals surface area contributed by atoms with Gasteiger partial charge in [-0.25, -0.2) is 0 Å². The van der Waals surface area contributed by atoms with Gasteiger partial charge in [0.2, 0.25) is 0 Å². The number of benzene rings is 1. The van der Waals surface area contributed by atoms with E-state index in [0.717, 1.165) is 11.3 Å². The number of ether oxygens (including phenoxy) is 1. The molecule has 0 bridgehead atoms. The Hall–Kier alpha value is -1.78. The molecule has 0 spiro atoms. The zero-order valence-corrected chi connectivity index (χ0v) is 17.8. The molecule has 0 aromatic heterocycles. The number of nitrogens with zero attached hydrogens (tertiary/aromatic N) is 1. The number of aliphatic imine (C=N–C) groups is 1. The van der Waals surface area contributed by atoms with E-state index in [0.29, 0.717) is 0 Å². The van der Waals surface area contributed by atoms with Crippen LogP contribution in [0.3, 0.4) is 0 Å². The summed E-state index contributed by atoms with van der Waals surface area (Å²) in [7, 11) is 0. The fourth-order valence-corrected chi connectivity index (χ4v) is 2.12. The number of carbonyl (C=O) groups is 1. The zero-order valence-electron chi connectivity index (χ0n) is 15.4. The molecule has 1 aromatic rings. The van der Waals surface area contributed by atoms with E-state index in [1.54, 1.807) is 13.8 Å². The Bertz CT molecular complexity index is 672. The van der Waals surface area contributed by atoms with Crippen molar-refractivity contribution in [2.75, 3.05) is 0 Å². The van der Waals surface area contributed by atoms with Gasteiger partial charge in [-0.1, -0.05) is 13.8 Å². The van der Waals surface area contributed by atoms with Crippen molar-refractivity contribution in [1.29, 1.82) is 0 Å². The van der Waals surface area contributed by atoms with Gasteiger partial charge in [0, 0.05) is 20.1 Å². The van der Waals surface area contributed by atoms with Gasteiger partial charge >= 0.3 is 11.8 Å². The number of esters is 1. The number of hydrogen-bond donors (Lipinski definition) is 1. The van der Waals surface area contributed by atoms with Crippen LogP contribution in [-0.4, -0.2) is 33.1 Å². The maximum Gasteiger partial charge on any atom is 0.316 e. The van der Waals surface area contributed by atoms with E-state index in [1.807, 2.05) is 38.1 Å². The van der Waals surface area contributed by atoms with E-state index in [2.05, 4.69) is 11.1 Å². The van der Waals surface area contributed by atoms with Crippen LogP contribution in [-0.2, 0) is 29.6 Å². The second-order valence-corrected chi connectivity index (χ2v) is 6.63. The van der Waals surface area contributed by atoms with Crippen molar-refractivity contribution in [1.82, 2.24) is 0 Å². The Morgan fingerprint density at radius 2 is 1.88 bits per heavy atom. The summed E-state index contributed by atoms with van der Waals surface area (Å²) in [4.78, 5) is 24.9. The Balaban J connectivity index is 0.000000620. The van der Waals surface area contributed by atoms with Crippen LogP contribution in [0.1, 0.15) is 47.1 Å². The van der Waals surface area contributed by atoms with Gasteiger partial charge in [0.1, 0.15) is 0 Å². The molecule has 0 unspecified atom stereocenters. The number of rotatable bonds is 2. The van der Waals surface area contributed by atoms with Gasteiger partial charge in [-0.05, 0) is 26.5 Å². The van der Waals surface area contributed by atoms with Crippen molar-refractivity contribution in [3.05, 3.63) is 47.7 Å². The van der Waals surface area contributed by atoms with Gasteiger partial charge in [-0.2, -0.15) is 0 Å². The van der Waals surface area contributed by atoms with Gasteiger partial charge in [-0.3, -0.25) is 14.6 Å². The molecule has 0 aliphatic carbocycles. The largest absolute Gasteiger partial charge is 0.512 e. The van der Waals surface area contributed by atoms with Crippen LogP contribution in [0.5, 0.6) is 0 Å². The van der Waals surface area contributed by atoms with Crippen LogP contribution in [0.15, 0.2) is 41.1 Å². The summed E-state index contributed by atoms with van der Waals surface area (Å²) in [6.45, 7) is 10.2. The first-order valence-electron chi connectivity index (χ1n) is 7.66. The third kappa shape index (κ3) is 6.92. The molecule has 0 fully saturated rings. The van der Waals surface area contributed by atoms with Gasteiger partial charge in [0.25, 0.3) is 0 Å². The second kappa shape index (κ2) is 9.07. The molecule has 1 aliphatic heterocycles. The van der Waals surface area contributed by atoms with Crippen LogP contribution >= 0.6 is 0 Å². The molecule has 2 N–H and O–H groups in total. The number of allylic oxidation sites excluding steroid dienone is 2. The van der Waals surface area contributed by atoms with Crippen LogP contribution < -0.4 is 0 Å². The van der Waals surface area contributed by atoms with Crippen molar-refractivity contribution in [2.24, 2.45) is 10.4 Å². The summed E-state index contributed by atoms with van der Waals surface area (Å²) in [6, 6.07) is 10.7. The maximum absolute atomic E-state index is 12.0. The van der Waals surface area contributed by atoms with Crippen LogP contribution in [0, 0.1) is 11.5 Å². The SMILES string of the molecule is CC(=[OH+])/C=C(/C)O.CC1(C)N=C(c2[c-]cccc2)C(C)(C)C(=O)O1.[Ir]. The zero-order chi connectivity index (χ0) is 18.5. The minimum Gasteiger partial charge on any atom is -0.512 e. The van der Waals surface area contributed by atoms with E-state index in [4.69, 9.17) is 14.6 Å². The predicted octanol–water partition coefficient (Wildman–Crippen LogP) is 3.61. The summed E-state index contributed by atoms with van der Waals surface area (Å²) < 4.78 is 5.30. The van der Waals surface area contributed by atoms with E-state index in [-0.39, 0.29) is 37.6 Å². The average molecular weight is 524 g/mol. The quantitative estimate of drug-likeness (QED) is 0.212. The first-order valence-corrected chi connectivity index (χ1v) is 7.66. The first kappa shape index (κ1) is 23.2. The summed E-state index contributed by atoms with van der Waals surface area (Å²) in [5, 5.41) is 8.40. The van der Waals surface area contributed by atoms with E-state index in [9.17, 15) is 4.79 Å². The summed E-state index contributed by atoms with van der Waals surface area (Å²) in [5.74, 6) is 0.00440. The molecule has 1 aliphatic rings. The number of hydrogen-bond acceptors (Lipinski definition) is 4. The number of ketones is 1. The molecule has 6 heteroatoms. The van der Waals surface area contributed by atoms with Crippen molar-refractivity contribution in [3.63, 3.8) is 0 Å². The van der Waals surface area contributed by atoms with Crippen molar-refractivity contribution < 1.29 is 39.5 Å². The molecule has 0 saturated carbocycles. The first-order chi connectivity index (χ1) is 11.0. The monoisotopic (exact) mass is 524 g/mol. The normalized spacial score (nSPS) is 17.9. The standard InChI is InChI=1S/C14H16NO2.C5H8O2.Ir/c1-13(2)11(10-8-6-5-7-9-10)15-14(3,4)17-12(13)16;1-4(6)3-5(2)7;/h5-8H,1-4H3;3,6H,1-2H3;/q-1;;/p+1/b;4-3-;. The van der Waals surface area contributed by atoms with Gasteiger partial charge in [0.15, 0.2) is 5.72 Å². The minimum atomic E-state index is -0.800. The fourth-order valence-electron chi connectivity index (χ4n) is 2.12. The van der Waals surface area contributed by atoms with Crippen LogP contribution in [0.25, 0.3) is 0 Å². The number of carbonyl (C=O) groups excluding carboxylic acids is 2. The summed E-state index contributed by atoms with van der Waals surface area (Å²) in [5.41, 5.74) is 0.0560. The summed E-state index contributed by atoms with van der Waals surface area (Å²) >= 11 is 0. The topological polar surface area (TPSA) is 80.3 Å². The Labute approximate surface area is 162 Å². The van der Waals surface area contributed by atoms with Crippen molar-refractivity contribution >= 4 is 17.5 Å². The Morgan fingerprint density at radius 3 is 2.28 bits per heavy atom. The van der Waals surface area contributed by atoms with E-state index >= 15 is 0 Å². The Kier molecular flexibility index (Phi) is 8.42. The molecule has 0 saturated heterocycles. The van der Waals surface area contributed by atoms with Crippen molar-refractivity contribution in [2.45, 2.75) is 47.3 Å². The number of cyclic esters (lactones) is 1. The molecule has 139 valence electrons.